The molecular weight excluding hydrogens is 275 g/mol. The Hall–Kier alpha value is -0.190. The maximum Gasteiger partial charge on any atom is 0.246 e. The molecule has 0 saturated heterocycles. The maximum atomic E-state index is 12.5. The van der Waals surface area contributed by atoms with Gasteiger partial charge in [0.05, 0.1) is 10.9 Å². The van der Waals surface area contributed by atoms with E-state index in [-0.39, 0.29) is 6.54 Å². The molecule has 1 aromatic rings. The third-order valence-electron chi connectivity index (χ3n) is 1.93. The Bertz CT molecular complexity index is 320. The molecule has 1 aromatic carbocycles. The van der Waals surface area contributed by atoms with Crippen LogP contribution in [0.5, 0.6) is 0 Å². The van der Waals surface area contributed by atoms with Gasteiger partial charge in [-0.3, -0.25) is 0 Å². The van der Waals surface area contributed by atoms with Crippen molar-refractivity contribution in [2.75, 3.05) is 6.54 Å². The predicted octanol–water partition coefficient (Wildman–Crippen LogP) is 3.41. The minimum atomic E-state index is -2.45. The van der Waals surface area contributed by atoms with Crippen molar-refractivity contribution < 1.29 is 8.78 Å². The summed E-state index contributed by atoms with van der Waals surface area (Å²) in [6.45, 7) is -0.0776. The van der Waals surface area contributed by atoms with Gasteiger partial charge in [0.25, 0.3) is 0 Å². The van der Waals surface area contributed by atoms with E-state index in [1.807, 2.05) is 0 Å². The van der Waals surface area contributed by atoms with E-state index in [4.69, 9.17) is 17.3 Å². The van der Waals surface area contributed by atoms with Crippen LogP contribution in [0, 0.1) is 0 Å². The first-order valence-electron chi connectivity index (χ1n) is 3.99. The number of hydrogen-bond acceptors (Lipinski definition) is 1. The van der Waals surface area contributed by atoms with E-state index in [9.17, 15) is 8.78 Å². The maximum absolute atomic E-state index is 12.5. The van der Waals surface area contributed by atoms with Crippen LogP contribution in [0.25, 0.3) is 0 Å². The lowest BCUT2D eigenvalue weighted by atomic mass is 10.0. The molecule has 1 rings (SSSR count). The van der Waals surface area contributed by atoms with Crippen LogP contribution in [0.1, 0.15) is 11.5 Å². The Morgan fingerprint density at radius 3 is 2.50 bits per heavy atom. The van der Waals surface area contributed by atoms with Crippen molar-refractivity contribution in [2.24, 2.45) is 5.73 Å². The first kappa shape index (κ1) is 11.9. The molecule has 1 atom stereocenters. The Morgan fingerprint density at radius 1 is 1.43 bits per heavy atom. The van der Waals surface area contributed by atoms with E-state index in [0.29, 0.717) is 15.1 Å². The molecule has 14 heavy (non-hydrogen) atoms. The quantitative estimate of drug-likeness (QED) is 0.904. The molecule has 0 spiro atoms. The number of halogens is 4. The lowest BCUT2D eigenvalue weighted by Crippen LogP contribution is -2.19. The molecule has 0 radical (unpaired) electrons. The second-order valence-corrected chi connectivity index (χ2v) is 4.11. The first-order chi connectivity index (χ1) is 6.56. The number of alkyl halides is 2. The summed E-state index contributed by atoms with van der Waals surface area (Å²) in [5.74, 6) is -0.927. The number of benzene rings is 1. The fourth-order valence-corrected chi connectivity index (χ4v) is 1.64. The van der Waals surface area contributed by atoms with E-state index < -0.39 is 12.3 Å². The second-order valence-electron chi connectivity index (χ2n) is 2.85. The smallest absolute Gasteiger partial charge is 0.246 e. The SMILES string of the molecule is NCC(c1ccc(Cl)c(Br)c1)C(F)F. The summed E-state index contributed by atoms with van der Waals surface area (Å²) in [5.41, 5.74) is 5.76. The molecule has 0 saturated carbocycles. The molecule has 1 nitrogen and oxygen atoms in total. The lowest BCUT2D eigenvalue weighted by Gasteiger charge is -2.14. The Balaban J connectivity index is 3.00. The molecule has 0 aliphatic carbocycles. The highest BCUT2D eigenvalue weighted by Crippen LogP contribution is 2.29. The average Bonchev–Trinajstić information content (AvgIpc) is 2.11. The summed E-state index contributed by atoms with van der Waals surface area (Å²) in [6.07, 6.45) is -2.45. The highest BCUT2D eigenvalue weighted by atomic mass is 79.9. The van der Waals surface area contributed by atoms with Crippen molar-refractivity contribution in [2.45, 2.75) is 12.3 Å². The van der Waals surface area contributed by atoms with Gasteiger partial charge in [-0.25, -0.2) is 8.78 Å². The Labute approximate surface area is 94.4 Å². The Kier molecular flexibility index (Phi) is 4.29. The highest BCUT2D eigenvalue weighted by Gasteiger charge is 2.21. The van der Waals surface area contributed by atoms with Gasteiger partial charge in [0.15, 0.2) is 0 Å². The molecule has 5 heteroatoms. The van der Waals surface area contributed by atoms with Gasteiger partial charge in [0.1, 0.15) is 0 Å². The molecule has 78 valence electrons. The molecule has 0 bridgehead atoms. The van der Waals surface area contributed by atoms with Crippen LogP contribution in [0.4, 0.5) is 8.78 Å². The molecular formula is C9H9BrClF2N. The fourth-order valence-electron chi connectivity index (χ4n) is 1.13. The van der Waals surface area contributed by atoms with Gasteiger partial charge in [0.2, 0.25) is 6.43 Å². The number of nitrogens with two attached hydrogens (primary N) is 1. The Morgan fingerprint density at radius 2 is 2.07 bits per heavy atom. The molecule has 0 amide bonds. The third kappa shape index (κ3) is 2.65. The number of rotatable bonds is 3. The minimum absolute atomic E-state index is 0.0776. The van der Waals surface area contributed by atoms with Gasteiger partial charge in [-0.1, -0.05) is 17.7 Å². The fraction of sp³-hybridized carbons (Fsp3) is 0.333. The normalized spacial score (nSPS) is 13.3. The van der Waals surface area contributed by atoms with Gasteiger partial charge >= 0.3 is 0 Å². The summed E-state index contributed by atoms with van der Waals surface area (Å²) in [4.78, 5) is 0. The molecule has 0 aliphatic rings. The zero-order valence-electron chi connectivity index (χ0n) is 7.18. The van der Waals surface area contributed by atoms with Crippen molar-refractivity contribution in [3.63, 3.8) is 0 Å². The molecule has 0 heterocycles. The van der Waals surface area contributed by atoms with Crippen LogP contribution >= 0.6 is 27.5 Å². The van der Waals surface area contributed by atoms with Crippen LogP contribution in [0.3, 0.4) is 0 Å². The van der Waals surface area contributed by atoms with Gasteiger partial charge in [-0.2, -0.15) is 0 Å². The second kappa shape index (κ2) is 5.05. The van der Waals surface area contributed by atoms with E-state index in [2.05, 4.69) is 15.9 Å². The predicted molar refractivity (Wildman–Crippen MR) is 57.0 cm³/mol. The van der Waals surface area contributed by atoms with E-state index in [1.165, 1.54) is 0 Å². The summed E-state index contributed by atoms with van der Waals surface area (Å²) in [7, 11) is 0. The van der Waals surface area contributed by atoms with E-state index >= 15 is 0 Å². The standard InChI is InChI=1S/C9H9BrClF2N/c10-7-3-5(1-2-8(7)11)6(4-14)9(12)13/h1-3,6,9H,4,14H2. The van der Waals surface area contributed by atoms with Crippen molar-refractivity contribution >= 4 is 27.5 Å². The van der Waals surface area contributed by atoms with Crippen LogP contribution in [0.15, 0.2) is 22.7 Å². The zero-order valence-corrected chi connectivity index (χ0v) is 9.52. The van der Waals surface area contributed by atoms with Gasteiger partial charge in [0, 0.05) is 11.0 Å². The van der Waals surface area contributed by atoms with Crippen LogP contribution in [-0.4, -0.2) is 13.0 Å². The molecule has 0 aliphatic heterocycles. The topological polar surface area (TPSA) is 26.0 Å². The molecule has 2 N–H and O–H groups in total. The largest absolute Gasteiger partial charge is 0.330 e. The third-order valence-corrected chi connectivity index (χ3v) is 3.14. The van der Waals surface area contributed by atoms with Crippen molar-refractivity contribution in [1.29, 1.82) is 0 Å². The highest BCUT2D eigenvalue weighted by molar-refractivity contribution is 9.10. The van der Waals surface area contributed by atoms with Crippen molar-refractivity contribution in [3.05, 3.63) is 33.3 Å². The van der Waals surface area contributed by atoms with Crippen molar-refractivity contribution in [3.8, 4) is 0 Å². The number of hydrogen-bond donors (Lipinski definition) is 1. The van der Waals surface area contributed by atoms with Crippen LogP contribution in [0.2, 0.25) is 5.02 Å². The first-order valence-corrected chi connectivity index (χ1v) is 5.16. The minimum Gasteiger partial charge on any atom is -0.330 e. The molecule has 0 aromatic heterocycles. The van der Waals surface area contributed by atoms with E-state index in [0.717, 1.165) is 0 Å². The van der Waals surface area contributed by atoms with E-state index in [1.54, 1.807) is 18.2 Å². The summed E-state index contributed by atoms with van der Waals surface area (Å²) >= 11 is 8.92. The zero-order chi connectivity index (χ0) is 10.7. The van der Waals surface area contributed by atoms with Crippen molar-refractivity contribution in [1.82, 2.24) is 0 Å². The summed E-state index contributed by atoms with van der Waals surface area (Å²) in [5, 5.41) is 0.499. The van der Waals surface area contributed by atoms with Gasteiger partial charge in [-0.05, 0) is 33.6 Å². The lowest BCUT2D eigenvalue weighted by molar-refractivity contribution is 0.117. The molecule has 0 fully saturated rings. The van der Waals surface area contributed by atoms with Crippen LogP contribution < -0.4 is 5.73 Å². The average molecular weight is 285 g/mol. The van der Waals surface area contributed by atoms with Gasteiger partial charge < -0.3 is 5.73 Å². The summed E-state index contributed by atoms with van der Waals surface area (Å²) in [6, 6.07) is 4.72. The summed E-state index contributed by atoms with van der Waals surface area (Å²) < 4.78 is 25.6. The van der Waals surface area contributed by atoms with Crippen LogP contribution in [-0.2, 0) is 0 Å². The monoisotopic (exact) mass is 283 g/mol. The molecule has 1 unspecified atom stereocenters. The van der Waals surface area contributed by atoms with Gasteiger partial charge in [-0.15, -0.1) is 0 Å².